The van der Waals surface area contributed by atoms with Crippen molar-refractivity contribution in [2.24, 2.45) is 0 Å². The van der Waals surface area contributed by atoms with Crippen LogP contribution in [-0.4, -0.2) is 16.6 Å². The van der Waals surface area contributed by atoms with Crippen LogP contribution in [0.4, 0.5) is 5.69 Å². The predicted octanol–water partition coefficient (Wildman–Crippen LogP) is 4.22. The zero-order chi connectivity index (χ0) is 16.4. The summed E-state index contributed by atoms with van der Waals surface area (Å²) in [7, 11) is 0. The number of thioether (sulfide) groups is 1. The van der Waals surface area contributed by atoms with Crippen LogP contribution in [0.15, 0.2) is 47.4 Å². The Morgan fingerprint density at radius 3 is 2.83 bits per heavy atom. The minimum Gasteiger partial charge on any atom is -0.345 e. The second-order valence-electron chi connectivity index (χ2n) is 5.12. The molecule has 2 aromatic carbocycles. The molecule has 118 valence electrons. The van der Waals surface area contributed by atoms with Gasteiger partial charge in [0.05, 0.1) is 21.6 Å². The highest BCUT2D eigenvalue weighted by atomic mass is 35.5. The molecule has 1 N–H and O–H groups in total. The maximum Gasteiger partial charge on any atom is 0.270 e. The summed E-state index contributed by atoms with van der Waals surface area (Å²) in [4.78, 5) is 23.8. The molecule has 0 bridgehead atoms. The van der Waals surface area contributed by atoms with E-state index in [1.54, 1.807) is 11.8 Å². The van der Waals surface area contributed by atoms with Gasteiger partial charge in [0.15, 0.2) is 0 Å². The molecule has 0 fully saturated rings. The first kappa shape index (κ1) is 15.8. The Balaban J connectivity index is 1.82. The Labute approximate surface area is 142 Å². The Morgan fingerprint density at radius 1 is 1.30 bits per heavy atom. The van der Waals surface area contributed by atoms with Crippen LogP contribution in [0.1, 0.15) is 28.4 Å². The molecular weight excluding hydrogens is 336 g/mol. The number of benzene rings is 2. The van der Waals surface area contributed by atoms with Crippen LogP contribution in [0.25, 0.3) is 0 Å². The molecule has 0 unspecified atom stereocenters. The fourth-order valence-corrected chi connectivity index (χ4v) is 3.92. The molecule has 0 aromatic heterocycles. The monoisotopic (exact) mass is 348 g/mol. The van der Waals surface area contributed by atoms with Gasteiger partial charge in [-0.25, -0.2) is 0 Å². The second kappa shape index (κ2) is 6.60. The summed E-state index contributed by atoms with van der Waals surface area (Å²) < 4.78 is 0. The number of nitro benzene ring substituents is 1. The Hall–Kier alpha value is -2.05. The van der Waals surface area contributed by atoms with Gasteiger partial charge in [0.1, 0.15) is 0 Å². The van der Waals surface area contributed by atoms with Crippen molar-refractivity contribution >= 4 is 35.0 Å². The number of halogens is 1. The van der Waals surface area contributed by atoms with Crippen molar-refractivity contribution in [3.8, 4) is 0 Å². The molecular formula is C16H13ClN2O3S. The van der Waals surface area contributed by atoms with Crippen molar-refractivity contribution < 1.29 is 9.72 Å². The van der Waals surface area contributed by atoms with E-state index in [1.165, 1.54) is 23.1 Å². The number of nitro groups is 1. The molecule has 0 spiro atoms. The van der Waals surface area contributed by atoms with Gasteiger partial charge in [0.25, 0.3) is 11.6 Å². The highest BCUT2D eigenvalue weighted by molar-refractivity contribution is 7.99. The van der Waals surface area contributed by atoms with E-state index in [9.17, 15) is 14.9 Å². The molecule has 1 atom stereocenters. The molecule has 0 aliphatic carbocycles. The molecule has 1 aliphatic rings. The van der Waals surface area contributed by atoms with E-state index in [0.29, 0.717) is 0 Å². The van der Waals surface area contributed by atoms with Gasteiger partial charge in [-0.1, -0.05) is 29.8 Å². The fraction of sp³-hybridized carbons (Fsp3) is 0.188. The first-order valence-corrected chi connectivity index (χ1v) is 8.39. The van der Waals surface area contributed by atoms with Crippen LogP contribution >= 0.6 is 23.4 Å². The molecule has 1 amide bonds. The Bertz CT molecular complexity index is 782. The van der Waals surface area contributed by atoms with Crippen LogP contribution in [0.2, 0.25) is 5.02 Å². The smallest absolute Gasteiger partial charge is 0.270 e. The summed E-state index contributed by atoms with van der Waals surface area (Å²) in [5.74, 6) is 0.604. The van der Waals surface area contributed by atoms with Crippen molar-refractivity contribution in [3.05, 3.63) is 68.7 Å². The van der Waals surface area contributed by atoms with Gasteiger partial charge in [0.2, 0.25) is 0 Å². The molecule has 0 saturated heterocycles. The largest absolute Gasteiger partial charge is 0.345 e. The molecule has 1 heterocycles. The summed E-state index contributed by atoms with van der Waals surface area (Å²) in [5.41, 5.74) is 1.20. The number of fused-ring (bicyclic) bond motifs is 1. The van der Waals surface area contributed by atoms with Crippen LogP contribution in [-0.2, 0) is 0 Å². The van der Waals surface area contributed by atoms with E-state index in [4.69, 9.17) is 11.6 Å². The molecule has 7 heteroatoms. The van der Waals surface area contributed by atoms with E-state index < -0.39 is 4.92 Å². The maximum atomic E-state index is 12.5. The van der Waals surface area contributed by atoms with Gasteiger partial charge in [-0.15, -0.1) is 11.8 Å². The third-order valence-corrected chi connectivity index (χ3v) is 5.11. The van der Waals surface area contributed by atoms with Crippen LogP contribution in [0, 0.1) is 10.1 Å². The lowest BCUT2D eigenvalue weighted by Gasteiger charge is -2.26. The lowest BCUT2D eigenvalue weighted by Crippen LogP contribution is -2.30. The van der Waals surface area contributed by atoms with Gasteiger partial charge in [-0.3, -0.25) is 14.9 Å². The van der Waals surface area contributed by atoms with Crippen molar-refractivity contribution in [1.29, 1.82) is 0 Å². The Kier molecular flexibility index (Phi) is 4.54. The molecule has 0 radical (unpaired) electrons. The molecule has 3 rings (SSSR count). The number of rotatable bonds is 3. The number of nitrogens with zero attached hydrogens (tertiary/aromatic N) is 1. The number of non-ortho nitro benzene ring substituents is 1. The minimum absolute atomic E-state index is 0.0776. The average molecular weight is 349 g/mol. The summed E-state index contributed by atoms with van der Waals surface area (Å²) in [6.45, 7) is 0. The molecule has 0 saturated carbocycles. The zero-order valence-corrected chi connectivity index (χ0v) is 13.6. The highest BCUT2D eigenvalue weighted by Gasteiger charge is 2.23. The van der Waals surface area contributed by atoms with E-state index in [1.807, 2.05) is 24.3 Å². The summed E-state index contributed by atoms with van der Waals surface area (Å²) in [5, 5.41) is 13.8. The first-order chi connectivity index (χ1) is 11.1. The molecule has 2 aromatic rings. The number of amides is 1. The quantitative estimate of drug-likeness (QED) is 0.666. The topological polar surface area (TPSA) is 72.2 Å². The lowest BCUT2D eigenvalue weighted by atomic mass is 10.0. The third kappa shape index (κ3) is 3.33. The van der Waals surface area contributed by atoms with E-state index in [2.05, 4.69) is 5.32 Å². The van der Waals surface area contributed by atoms with Gasteiger partial charge in [-0.05, 0) is 24.1 Å². The zero-order valence-electron chi connectivity index (χ0n) is 12.0. The third-order valence-electron chi connectivity index (χ3n) is 3.67. The van der Waals surface area contributed by atoms with Crippen LogP contribution in [0.3, 0.4) is 0 Å². The number of nitrogens with one attached hydrogen (secondary N) is 1. The molecule has 5 nitrogen and oxygen atoms in total. The van der Waals surface area contributed by atoms with Crippen molar-refractivity contribution in [1.82, 2.24) is 5.32 Å². The normalized spacial score (nSPS) is 16.5. The lowest BCUT2D eigenvalue weighted by molar-refractivity contribution is -0.384. The standard InChI is InChI=1S/C16H13ClN2O3S/c17-13-9-10(19(21)22)5-6-11(13)16(20)18-14-7-8-23-15-4-2-1-3-12(14)15/h1-6,9,14H,7-8H2,(H,18,20)/t14-/m0/s1. The SMILES string of the molecule is O=C(N[C@H]1CCSc2ccccc21)c1ccc([N+](=O)[O-])cc1Cl. The summed E-state index contributed by atoms with van der Waals surface area (Å²) in [6.07, 6.45) is 0.831. The van der Waals surface area contributed by atoms with Gasteiger partial charge < -0.3 is 5.32 Å². The second-order valence-corrected chi connectivity index (χ2v) is 6.67. The highest BCUT2D eigenvalue weighted by Crippen LogP contribution is 2.36. The van der Waals surface area contributed by atoms with Gasteiger partial charge in [0, 0.05) is 22.8 Å². The van der Waals surface area contributed by atoms with E-state index in [0.717, 1.165) is 17.7 Å². The van der Waals surface area contributed by atoms with Crippen molar-refractivity contribution in [2.75, 3.05) is 5.75 Å². The minimum atomic E-state index is -0.540. The fourth-order valence-electron chi connectivity index (χ4n) is 2.53. The number of hydrogen-bond donors (Lipinski definition) is 1. The molecule has 23 heavy (non-hydrogen) atoms. The van der Waals surface area contributed by atoms with Crippen molar-refractivity contribution in [3.63, 3.8) is 0 Å². The number of carbonyl (C=O) groups is 1. The maximum absolute atomic E-state index is 12.5. The van der Waals surface area contributed by atoms with Crippen LogP contribution < -0.4 is 5.32 Å². The first-order valence-electron chi connectivity index (χ1n) is 7.03. The van der Waals surface area contributed by atoms with E-state index in [-0.39, 0.29) is 28.2 Å². The summed E-state index contributed by atoms with van der Waals surface area (Å²) >= 11 is 7.79. The number of carbonyl (C=O) groups excluding carboxylic acids is 1. The Morgan fingerprint density at radius 2 is 2.09 bits per heavy atom. The average Bonchev–Trinajstić information content (AvgIpc) is 2.55. The molecule has 1 aliphatic heterocycles. The summed E-state index contributed by atoms with van der Waals surface area (Å²) in [6, 6.07) is 11.8. The van der Waals surface area contributed by atoms with Crippen molar-refractivity contribution in [2.45, 2.75) is 17.4 Å². The van der Waals surface area contributed by atoms with Gasteiger partial charge >= 0.3 is 0 Å². The predicted molar refractivity (Wildman–Crippen MR) is 90.1 cm³/mol. The van der Waals surface area contributed by atoms with Crippen LogP contribution in [0.5, 0.6) is 0 Å². The number of hydrogen-bond acceptors (Lipinski definition) is 4. The van der Waals surface area contributed by atoms with E-state index >= 15 is 0 Å². The van der Waals surface area contributed by atoms with Gasteiger partial charge in [-0.2, -0.15) is 0 Å².